The number of amides is 4. The molecule has 1 saturated carbocycles. The van der Waals surface area contributed by atoms with E-state index in [0.29, 0.717) is 30.3 Å². The maximum absolute atomic E-state index is 13.7. The predicted octanol–water partition coefficient (Wildman–Crippen LogP) is 6.28. The Balaban J connectivity index is 0.942. The summed E-state index contributed by atoms with van der Waals surface area (Å²) in [6.45, 7) is 8.74. The number of hydrogen-bond acceptors (Lipinski definition) is 10. The van der Waals surface area contributed by atoms with E-state index in [1.807, 2.05) is 11.0 Å². The number of halogens is 3. The molecule has 16 heteroatoms. The van der Waals surface area contributed by atoms with Gasteiger partial charge in [0, 0.05) is 48.2 Å². The molecule has 3 aliphatic heterocycles. The molecule has 308 valence electrons. The van der Waals surface area contributed by atoms with E-state index in [9.17, 15) is 37.6 Å². The van der Waals surface area contributed by atoms with E-state index >= 15 is 0 Å². The van der Waals surface area contributed by atoms with Gasteiger partial charge in [0.1, 0.15) is 11.5 Å². The van der Waals surface area contributed by atoms with Crippen LogP contribution in [0.3, 0.4) is 0 Å². The number of thiol groups is 1. The van der Waals surface area contributed by atoms with E-state index < -0.39 is 34.4 Å². The number of benzene rings is 2. The first kappa shape index (κ1) is 42.4. The predicted molar refractivity (Wildman–Crippen MR) is 212 cm³/mol. The van der Waals surface area contributed by atoms with E-state index in [4.69, 9.17) is 17.4 Å². The molecule has 1 aliphatic carbocycles. The second-order valence-electron chi connectivity index (χ2n) is 16.4. The molecular weight excluding hydrogens is 760 g/mol. The van der Waals surface area contributed by atoms with Gasteiger partial charge in [0.05, 0.1) is 35.4 Å². The number of alkyl halides is 3. The number of ether oxygens (including phenoxy) is 1. The third kappa shape index (κ3) is 9.59. The number of nitrogens with one attached hydrogen (secondary N) is 3. The van der Waals surface area contributed by atoms with Crippen molar-refractivity contribution in [2.24, 2.45) is 5.92 Å². The Hall–Kier alpha value is -4.17. The van der Waals surface area contributed by atoms with Crippen LogP contribution in [0.1, 0.15) is 96.6 Å². The summed E-state index contributed by atoms with van der Waals surface area (Å²) < 4.78 is 47.6. The number of carbonyl (C=O) groups is 4. The molecule has 4 aliphatic rings. The number of carbonyl (C=O) groups excluding carboxylic acids is 4. The standard InChI is InChI=1S/C41H52F3N7O5S/c1-24-18-26(19-25(2)49(24)23-36(53)47-29-7-5-6-28(20-29)46-34-14-15-35(52)48-37(34)54)16-17-56-32-12-10-30(11-13-32)51-39(57)50(38(55)40(51,3)4)31-9-8-27(22-45)33(21-31)41(42,43)44/h5-9,20-21,24-26,30,32,34,39,46,57H,10-19,23H2,1-4H3,(H,47,53)(H,48,52,54). The summed E-state index contributed by atoms with van der Waals surface area (Å²) >= 11 is 4.77. The number of hydrogen-bond donors (Lipinski definition) is 4. The van der Waals surface area contributed by atoms with Crippen LogP contribution in [0.5, 0.6) is 0 Å². The van der Waals surface area contributed by atoms with E-state index in [1.54, 1.807) is 38.1 Å². The van der Waals surface area contributed by atoms with Crippen LogP contribution in [0, 0.1) is 17.2 Å². The molecule has 12 nitrogen and oxygen atoms in total. The van der Waals surface area contributed by atoms with Gasteiger partial charge in [-0.1, -0.05) is 6.07 Å². The Morgan fingerprint density at radius 2 is 1.70 bits per heavy atom. The third-order valence-corrected chi connectivity index (χ3v) is 12.5. The molecule has 2 aromatic rings. The van der Waals surface area contributed by atoms with Crippen molar-refractivity contribution in [2.45, 2.75) is 133 Å². The molecule has 6 rings (SSSR count). The van der Waals surface area contributed by atoms with Crippen LogP contribution in [0.2, 0.25) is 0 Å². The third-order valence-electron chi connectivity index (χ3n) is 12.0. The fourth-order valence-corrected chi connectivity index (χ4v) is 9.84. The molecule has 4 unspecified atom stereocenters. The monoisotopic (exact) mass is 811 g/mol. The van der Waals surface area contributed by atoms with E-state index in [-0.39, 0.29) is 66.5 Å². The fraction of sp³-hybridized carbons (Fsp3) is 0.585. The summed E-state index contributed by atoms with van der Waals surface area (Å²) in [6.07, 6.45) is 1.89. The fourth-order valence-electron chi connectivity index (χ4n) is 9.12. The normalized spacial score (nSPS) is 28.5. The van der Waals surface area contributed by atoms with Gasteiger partial charge in [0.25, 0.3) is 0 Å². The van der Waals surface area contributed by atoms with Crippen molar-refractivity contribution in [3.8, 4) is 6.07 Å². The van der Waals surface area contributed by atoms with Crippen LogP contribution < -0.4 is 20.9 Å². The Bertz CT molecular complexity index is 1870. The highest BCUT2D eigenvalue weighted by molar-refractivity contribution is 7.81. The van der Waals surface area contributed by atoms with Crippen molar-refractivity contribution in [1.82, 2.24) is 15.1 Å². The van der Waals surface area contributed by atoms with Gasteiger partial charge < -0.3 is 15.4 Å². The lowest BCUT2D eigenvalue weighted by Crippen LogP contribution is -2.52. The maximum Gasteiger partial charge on any atom is 0.417 e. The number of imide groups is 1. The molecule has 0 spiro atoms. The summed E-state index contributed by atoms with van der Waals surface area (Å²) in [4.78, 5) is 56.0. The molecule has 3 saturated heterocycles. The van der Waals surface area contributed by atoms with Gasteiger partial charge in [0.2, 0.25) is 23.6 Å². The van der Waals surface area contributed by atoms with Crippen molar-refractivity contribution in [3.05, 3.63) is 53.6 Å². The van der Waals surface area contributed by atoms with Gasteiger partial charge in [-0.3, -0.25) is 39.2 Å². The molecular formula is C41H52F3N7O5S. The summed E-state index contributed by atoms with van der Waals surface area (Å²) in [5, 5.41) is 17.7. The van der Waals surface area contributed by atoms with E-state index in [0.717, 1.165) is 57.1 Å². The molecule has 4 amide bonds. The number of nitrogens with zero attached hydrogens (tertiary/aromatic N) is 4. The Morgan fingerprint density at radius 1 is 1.02 bits per heavy atom. The van der Waals surface area contributed by atoms with Crippen molar-refractivity contribution in [1.29, 1.82) is 5.26 Å². The van der Waals surface area contributed by atoms with Gasteiger partial charge in [-0.05, 0) is 121 Å². The average molecular weight is 812 g/mol. The molecule has 0 aromatic heterocycles. The zero-order valence-electron chi connectivity index (χ0n) is 32.8. The van der Waals surface area contributed by atoms with Gasteiger partial charge in [-0.15, -0.1) is 12.6 Å². The lowest BCUT2D eigenvalue weighted by molar-refractivity contribution is -0.138. The highest BCUT2D eigenvalue weighted by atomic mass is 32.1. The second-order valence-corrected chi connectivity index (χ2v) is 16.9. The van der Waals surface area contributed by atoms with Crippen LogP contribution in [0.4, 0.5) is 30.2 Å². The Morgan fingerprint density at radius 3 is 2.35 bits per heavy atom. The van der Waals surface area contributed by atoms with Crippen LogP contribution >= 0.6 is 12.6 Å². The van der Waals surface area contributed by atoms with Crippen LogP contribution in [-0.2, 0) is 30.1 Å². The lowest BCUT2D eigenvalue weighted by atomic mass is 9.85. The molecule has 0 bridgehead atoms. The molecule has 3 heterocycles. The molecule has 57 heavy (non-hydrogen) atoms. The smallest absolute Gasteiger partial charge is 0.378 e. The number of anilines is 3. The van der Waals surface area contributed by atoms with Crippen molar-refractivity contribution in [3.63, 3.8) is 0 Å². The lowest BCUT2D eigenvalue weighted by Gasteiger charge is -2.43. The average Bonchev–Trinajstić information content (AvgIpc) is 3.32. The van der Waals surface area contributed by atoms with Crippen molar-refractivity contribution >= 4 is 53.3 Å². The first-order chi connectivity index (χ1) is 27.0. The van der Waals surface area contributed by atoms with Gasteiger partial charge in [-0.2, -0.15) is 18.4 Å². The Labute approximate surface area is 337 Å². The van der Waals surface area contributed by atoms with E-state index in [2.05, 4.69) is 34.7 Å². The van der Waals surface area contributed by atoms with Gasteiger partial charge in [0.15, 0.2) is 0 Å². The second kappa shape index (κ2) is 17.4. The molecule has 4 atom stereocenters. The summed E-state index contributed by atoms with van der Waals surface area (Å²) in [7, 11) is 0. The minimum Gasteiger partial charge on any atom is -0.378 e. The molecule has 3 N–H and O–H groups in total. The number of piperidine rings is 2. The number of nitriles is 1. The quantitative estimate of drug-likeness (QED) is 0.152. The first-order valence-electron chi connectivity index (χ1n) is 19.7. The van der Waals surface area contributed by atoms with Crippen molar-refractivity contribution in [2.75, 3.05) is 28.7 Å². The van der Waals surface area contributed by atoms with Gasteiger partial charge in [-0.25, -0.2) is 0 Å². The van der Waals surface area contributed by atoms with Crippen LogP contribution in [0.15, 0.2) is 42.5 Å². The highest BCUT2D eigenvalue weighted by Crippen LogP contribution is 2.43. The summed E-state index contributed by atoms with van der Waals surface area (Å²) in [5.74, 6) is -0.645. The minimum atomic E-state index is -4.74. The number of rotatable bonds is 11. The molecule has 2 aromatic carbocycles. The van der Waals surface area contributed by atoms with Crippen LogP contribution in [0.25, 0.3) is 0 Å². The molecule has 4 fully saturated rings. The molecule has 0 radical (unpaired) electrons. The minimum absolute atomic E-state index is 0.0153. The summed E-state index contributed by atoms with van der Waals surface area (Å²) in [5.41, 5.74) is -1.99. The van der Waals surface area contributed by atoms with Crippen LogP contribution in [-0.4, -0.2) is 87.9 Å². The number of likely N-dealkylation sites (tertiary alicyclic amines) is 1. The maximum atomic E-state index is 13.7. The topological polar surface area (TPSA) is 147 Å². The highest BCUT2D eigenvalue weighted by Gasteiger charge is 2.54. The first-order valence-corrected chi connectivity index (χ1v) is 20.3. The Kier molecular flexibility index (Phi) is 12.9. The van der Waals surface area contributed by atoms with Crippen molar-refractivity contribution < 1.29 is 37.1 Å². The SMILES string of the molecule is CC1CC(CCOC2CCC(N3C(S)N(c4ccc(C#N)c(C(F)(F)F)c4)C(=O)C3(C)C)CC2)CC(C)N1CC(=O)Nc1cccc(NC2CCC(=O)NC2=O)c1. The van der Waals surface area contributed by atoms with Gasteiger partial charge >= 0.3 is 6.18 Å². The summed E-state index contributed by atoms with van der Waals surface area (Å²) in [6, 6.07) is 12.0. The zero-order chi connectivity index (χ0) is 41.2. The zero-order valence-corrected chi connectivity index (χ0v) is 33.7. The van der Waals surface area contributed by atoms with E-state index in [1.165, 1.54) is 11.0 Å². The largest absolute Gasteiger partial charge is 0.417 e.